The van der Waals surface area contributed by atoms with E-state index in [4.69, 9.17) is 9.47 Å². The third-order valence-electron chi connectivity index (χ3n) is 4.42. The van der Waals surface area contributed by atoms with Gasteiger partial charge in [-0.3, -0.25) is 14.9 Å². The van der Waals surface area contributed by atoms with Gasteiger partial charge in [0.15, 0.2) is 23.3 Å². The van der Waals surface area contributed by atoms with Crippen LogP contribution < -0.4 is 20.1 Å². The van der Waals surface area contributed by atoms with E-state index in [0.29, 0.717) is 17.1 Å². The summed E-state index contributed by atoms with van der Waals surface area (Å²) in [6.45, 7) is 1.71. The minimum absolute atomic E-state index is 0.162. The van der Waals surface area contributed by atoms with Crippen molar-refractivity contribution in [1.29, 1.82) is 0 Å². The number of aryl methyl sites for hydroxylation is 1. The van der Waals surface area contributed by atoms with Crippen molar-refractivity contribution >= 4 is 46.6 Å². The molecule has 10 nitrogen and oxygen atoms in total. The number of amides is 2. The number of nitrogens with zero attached hydrogens (tertiary/aromatic N) is 2. The number of rotatable bonds is 8. The highest BCUT2D eigenvalue weighted by molar-refractivity contribution is 8.18. The molecule has 1 saturated heterocycles. The molecular formula is C23H22N4O6S. The van der Waals surface area contributed by atoms with Crippen molar-refractivity contribution in [3.63, 3.8) is 0 Å². The first-order valence-electron chi connectivity index (χ1n) is 9.95. The van der Waals surface area contributed by atoms with Crippen LogP contribution in [-0.2, 0) is 19.1 Å². The predicted octanol–water partition coefficient (Wildman–Crippen LogP) is 2.63. The number of hydrogen-bond acceptors (Lipinski definition) is 9. The number of esters is 1. The highest BCUT2D eigenvalue weighted by Crippen LogP contribution is 2.28. The average Bonchev–Trinajstić information content (AvgIpc) is 3.18. The second-order valence-corrected chi connectivity index (χ2v) is 7.83. The van der Waals surface area contributed by atoms with Crippen molar-refractivity contribution in [3.05, 3.63) is 64.6 Å². The number of carbonyl (C=O) groups is 3. The minimum atomic E-state index is -0.635. The molecule has 0 radical (unpaired) electrons. The molecule has 1 aliphatic rings. The van der Waals surface area contributed by atoms with Gasteiger partial charge in [-0.05, 0) is 54.1 Å². The molecule has 0 unspecified atom stereocenters. The first-order valence-corrected chi connectivity index (χ1v) is 10.8. The Morgan fingerprint density at radius 3 is 2.68 bits per heavy atom. The molecule has 0 saturated carbocycles. The van der Waals surface area contributed by atoms with E-state index in [9.17, 15) is 14.4 Å². The Morgan fingerprint density at radius 1 is 1.15 bits per heavy atom. The van der Waals surface area contributed by atoms with Crippen LogP contribution in [0, 0.1) is 6.92 Å². The van der Waals surface area contributed by atoms with Crippen molar-refractivity contribution in [1.82, 2.24) is 5.32 Å². The monoisotopic (exact) mass is 482 g/mol. The van der Waals surface area contributed by atoms with E-state index in [1.165, 1.54) is 20.4 Å². The summed E-state index contributed by atoms with van der Waals surface area (Å²) >= 11 is 0.972. The van der Waals surface area contributed by atoms with Crippen LogP contribution in [-0.4, -0.2) is 50.0 Å². The van der Waals surface area contributed by atoms with Gasteiger partial charge in [0.25, 0.3) is 11.8 Å². The Bertz CT molecular complexity index is 1190. The van der Waals surface area contributed by atoms with Crippen LogP contribution in [0.25, 0.3) is 0 Å². The lowest BCUT2D eigenvalue weighted by molar-refractivity contribution is -0.135. The van der Waals surface area contributed by atoms with E-state index < -0.39 is 11.9 Å². The van der Waals surface area contributed by atoms with E-state index in [1.807, 2.05) is 31.2 Å². The highest BCUT2D eigenvalue weighted by atomic mass is 32.2. The van der Waals surface area contributed by atoms with Crippen molar-refractivity contribution in [2.45, 2.75) is 6.92 Å². The SMILES string of the molecule is COC(=O)/C=C1/S/C(=N\N=Cc2ccc(OCC(=O)Nc3ccccc3C)c(OC)c2)NC1=O. The summed E-state index contributed by atoms with van der Waals surface area (Å²) in [6, 6.07) is 12.5. The van der Waals surface area contributed by atoms with E-state index in [2.05, 4.69) is 25.6 Å². The number of nitrogens with one attached hydrogen (secondary N) is 2. The van der Waals surface area contributed by atoms with Crippen molar-refractivity contribution in [3.8, 4) is 11.5 Å². The van der Waals surface area contributed by atoms with Crippen LogP contribution in [0.2, 0.25) is 0 Å². The lowest BCUT2D eigenvalue weighted by Crippen LogP contribution is -2.20. The zero-order valence-electron chi connectivity index (χ0n) is 18.7. The van der Waals surface area contributed by atoms with E-state index in [0.717, 1.165) is 29.1 Å². The van der Waals surface area contributed by atoms with Gasteiger partial charge >= 0.3 is 5.97 Å². The maximum absolute atomic E-state index is 12.2. The Morgan fingerprint density at radius 2 is 1.94 bits per heavy atom. The molecule has 2 aromatic rings. The Labute approximate surface area is 200 Å². The third kappa shape index (κ3) is 6.69. The summed E-state index contributed by atoms with van der Waals surface area (Å²) in [5.74, 6) is -0.591. The Kier molecular flexibility index (Phi) is 8.41. The topological polar surface area (TPSA) is 128 Å². The number of methoxy groups -OCH3 is 2. The number of carbonyl (C=O) groups excluding carboxylic acids is 3. The molecular weight excluding hydrogens is 460 g/mol. The fourth-order valence-electron chi connectivity index (χ4n) is 2.72. The average molecular weight is 483 g/mol. The van der Waals surface area contributed by atoms with Gasteiger partial charge in [0.1, 0.15) is 0 Å². The molecule has 2 amide bonds. The molecule has 0 atom stereocenters. The van der Waals surface area contributed by atoms with Crippen molar-refractivity contribution < 1.29 is 28.6 Å². The van der Waals surface area contributed by atoms with Crippen LogP contribution >= 0.6 is 11.8 Å². The first-order chi connectivity index (χ1) is 16.4. The molecule has 2 N–H and O–H groups in total. The number of amidine groups is 1. The van der Waals surface area contributed by atoms with Gasteiger partial charge in [-0.2, -0.15) is 5.10 Å². The number of benzene rings is 2. The summed E-state index contributed by atoms with van der Waals surface area (Å²) in [5, 5.41) is 13.4. The molecule has 0 bridgehead atoms. The van der Waals surface area contributed by atoms with E-state index in [1.54, 1.807) is 18.2 Å². The Balaban J connectivity index is 1.60. The second kappa shape index (κ2) is 11.7. The number of para-hydroxylation sites is 1. The van der Waals surface area contributed by atoms with E-state index >= 15 is 0 Å². The Hall–Kier alpha value is -4.12. The number of hydrogen-bond donors (Lipinski definition) is 2. The molecule has 0 spiro atoms. The molecule has 1 heterocycles. The maximum atomic E-state index is 12.2. The summed E-state index contributed by atoms with van der Waals surface area (Å²) in [7, 11) is 2.71. The van der Waals surface area contributed by atoms with Crippen molar-refractivity contribution in [2.24, 2.45) is 10.2 Å². The molecule has 3 rings (SSSR count). The van der Waals surface area contributed by atoms with Crippen molar-refractivity contribution in [2.75, 3.05) is 26.1 Å². The zero-order chi connectivity index (χ0) is 24.5. The highest BCUT2D eigenvalue weighted by Gasteiger charge is 2.25. The van der Waals surface area contributed by atoms with Crippen LogP contribution in [0.3, 0.4) is 0 Å². The van der Waals surface area contributed by atoms with Crippen LogP contribution in [0.4, 0.5) is 5.69 Å². The quantitative estimate of drug-likeness (QED) is 0.256. The van der Waals surface area contributed by atoms with Gasteiger partial charge < -0.3 is 19.5 Å². The fraction of sp³-hybridized carbons (Fsp3) is 0.174. The van der Waals surface area contributed by atoms with Gasteiger partial charge in [0.2, 0.25) is 0 Å². The molecule has 34 heavy (non-hydrogen) atoms. The predicted molar refractivity (Wildman–Crippen MR) is 129 cm³/mol. The molecule has 11 heteroatoms. The molecule has 176 valence electrons. The molecule has 2 aromatic carbocycles. The standard InChI is InChI=1S/C23H22N4O6S/c1-14-6-4-5-7-16(14)25-20(28)13-33-17-9-8-15(10-18(17)31-2)12-24-27-23-26-22(30)19(34-23)11-21(29)32-3/h4-12H,13H2,1-3H3,(H,25,28)(H,26,27,30)/b19-11+,24-12?. The summed E-state index contributed by atoms with van der Waals surface area (Å²) < 4.78 is 15.5. The molecule has 1 aliphatic heterocycles. The molecule has 0 aromatic heterocycles. The smallest absolute Gasteiger partial charge is 0.331 e. The first kappa shape index (κ1) is 24.5. The number of thioether (sulfide) groups is 1. The number of ether oxygens (including phenoxy) is 3. The lowest BCUT2D eigenvalue weighted by Gasteiger charge is -2.12. The summed E-state index contributed by atoms with van der Waals surface area (Å²) in [5.41, 5.74) is 2.32. The fourth-order valence-corrected chi connectivity index (χ4v) is 3.45. The molecule has 1 fully saturated rings. The van der Waals surface area contributed by atoms with Gasteiger partial charge in [0.05, 0.1) is 25.3 Å². The van der Waals surface area contributed by atoms with Crippen LogP contribution in [0.15, 0.2) is 63.6 Å². The largest absolute Gasteiger partial charge is 0.493 e. The van der Waals surface area contributed by atoms with Gasteiger partial charge in [0, 0.05) is 11.8 Å². The van der Waals surface area contributed by atoms with Crippen LogP contribution in [0.1, 0.15) is 11.1 Å². The normalized spacial score (nSPS) is 15.4. The summed E-state index contributed by atoms with van der Waals surface area (Å²) in [4.78, 5) is 35.5. The van der Waals surface area contributed by atoms with Gasteiger partial charge in [-0.15, -0.1) is 5.10 Å². The van der Waals surface area contributed by atoms with Gasteiger partial charge in [-0.1, -0.05) is 18.2 Å². The molecule has 0 aliphatic carbocycles. The van der Waals surface area contributed by atoms with E-state index in [-0.39, 0.29) is 22.6 Å². The second-order valence-electron chi connectivity index (χ2n) is 6.80. The van der Waals surface area contributed by atoms with Gasteiger partial charge in [-0.25, -0.2) is 4.79 Å². The maximum Gasteiger partial charge on any atom is 0.331 e. The lowest BCUT2D eigenvalue weighted by atomic mass is 10.2. The number of anilines is 1. The third-order valence-corrected chi connectivity index (χ3v) is 5.32. The summed E-state index contributed by atoms with van der Waals surface area (Å²) in [6.07, 6.45) is 2.54. The van der Waals surface area contributed by atoms with Crippen LogP contribution in [0.5, 0.6) is 11.5 Å². The zero-order valence-corrected chi connectivity index (χ0v) is 19.5. The minimum Gasteiger partial charge on any atom is -0.493 e.